The standard InChI is InChI=1S/C11H12BrF2N3O3S/c12-7-5-8(13)10(9(14)6-7)11(18)16-1-3-17(4-2-16)21(15,19)20/h5-6H,1-4H2,(H2,15,19,20). The Morgan fingerprint density at radius 2 is 1.62 bits per heavy atom. The van der Waals surface area contributed by atoms with Crippen LogP contribution in [-0.4, -0.2) is 49.7 Å². The molecular formula is C11H12BrF2N3O3S. The number of piperazine rings is 1. The highest BCUT2D eigenvalue weighted by molar-refractivity contribution is 9.10. The second-order valence-corrected chi connectivity index (χ2v) is 6.94. The van der Waals surface area contributed by atoms with Gasteiger partial charge in [0.05, 0.1) is 0 Å². The van der Waals surface area contributed by atoms with Gasteiger partial charge in [-0.1, -0.05) is 15.9 Å². The Kier molecular flexibility index (Phi) is 4.61. The summed E-state index contributed by atoms with van der Waals surface area (Å²) in [7, 11) is -3.82. The fourth-order valence-corrected chi connectivity index (χ4v) is 3.12. The zero-order valence-corrected chi connectivity index (χ0v) is 13.1. The van der Waals surface area contributed by atoms with E-state index in [0.717, 1.165) is 16.4 Å². The molecule has 0 aromatic heterocycles. The van der Waals surface area contributed by atoms with Crippen molar-refractivity contribution in [3.63, 3.8) is 0 Å². The van der Waals surface area contributed by atoms with E-state index in [-0.39, 0.29) is 30.7 Å². The van der Waals surface area contributed by atoms with Crippen LogP contribution >= 0.6 is 15.9 Å². The molecule has 0 saturated carbocycles. The normalized spacial score (nSPS) is 17.0. The van der Waals surface area contributed by atoms with Crippen molar-refractivity contribution >= 4 is 32.0 Å². The summed E-state index contributed by atoms with van der Waals surface area (Å²) >= 11 is 2.93. The minimum Gasteiger partial charge on any atom is -0.336 e. The maximum absolute atomic E-state index is 13.7. The molecule has 0 spiro atoms. The maximum atomic E-state index is 13.7. The van der Waals surface area contributed by atoms with Gasteiger partial charge in [-0.3, -0.25) is 4.79 Å². The molecule has 1 saturated heterocycles. The minimum absolute atomic E-state index is 0.00958. The van der Waals surface area contributed by atoms with Crippen LogP contribution in [-0.2, 0) is 10.2 Å². The first-order chi connectivity index (χ1) is 9.70. The van der Waals surface area contributed by atoms with Gasteiger partial charge in [-0.15, -0.1) is 0 Å². The number of carbonyl (C=O) groups is 1. The van der Waals surface area contributed by atoms with Crippen LogP contribution in [0.5, 0.6) is 0 Å². The number of halogens is 3. The average molecular weight is 384 g/mol. The Morgan fingerprint density at radius 1 is 1.14 bits per heavy atom. The van der Waals surface area contributed by atoms with Crippen LogP contribution in [0, 0.1) is 11.6 Å². The molecule has 6 nitrogen and oxygen atoms in total. The molecule has 1 aliphatic rings. The van der Waals surface area contributed by atoms with Crippen LogP contribution in [0.15, 0.2) is 16.6 Å². The molecule has 10 heteroatoms. The van der Waals surface area contributed by atoms with Gasteiger partial charge >= 0.3 is 0 Å². The number of hydrogen-bond donors (Lipinski definition) is 1. The Morgan fingerprint density at radius 3 is 2.05 bits per heavy atom. The molecule has 2 rings (SSSR count). The quantitative estimate of drug-likeness (QED) is 0.815. The van der Waals surface area contributed by atoms with Crippen LogP contribution in [0.3, 0.4) is 0 Å². The number of rotatable bonds is 2. The summed E-state index contributed by atoms with van der Waals surface area (Å²) in [4.78, 5) is 13.3. The van der Waals surface area contributed by atoms with E-state index in [0.29, 0.717) is 0 Å². The highest BCUT2D eigenvalue weighted by Crippen LogP contribution is 2.21. The van der Waals surface area contributed by atoms with Crippen molar-refractivity contribution in [2.75, 3.05) is 26.2 Å². The second-order valence-electron chi connectivity index (χ2n) is 4.48. The Bertz CT molecular complexity index is 652. The summed E-state index contributed by atoms with van der Waals surface area (Å²) in [6.07, 6.45) is 0. The van der Waals surface area contributed by atoms with E-state index in [2.05, 4.69) is 15.9 Å². The zero-order valence-electron chi connectivity index (χ0n) is 10.7. The van der Waals surface area contributed by atoms with Crippen LogP contribution in [0.2, 0.25) is 0 Å². The van der Waals surface area contributed by atoms with Crippen molar-refractivity contribution in [2.24, 2.45) is 5.14 Å². The highest BCUT2D eigenvalue weighted by Gasteiger charge is 2.29. The highest BCUT2D eigenvalue weighted by atomic mass is 79.9. The number of nitrogens with zero attached hydrogens (tertiary/aromatic N) is 2. The summed E-state index contributed by atoms with van der Waals surface area (Å²) in [5, 5.41) is 4.98. The third-order valence-corrected chi connectivity index (χ3v) is 4.65. The van der Waals surface area contributed by atoms with Gasteiger partial charge in [0, 0.05) is 30.7 Å². The molecule has 1 aliphatic heterocycles. The predicted molar refractivity (Wildman–Crippen MR) is 74.6 cm³/mol. The zero-order chi connectivity index (χ0) is 15.8. The number of hydrogen-bond acceptors (Lipinski definition) is 3. The van der Waals surface area contributed by atoms with E-state index in [1.807, 2.05) is 0 Å². The monoisotopic (exact) mass is 383 g/mol. The molecule has 1 amide bonds. The van der Waals surface area contributed by atoms with Crippen molar-refractivity contribution in [1.82, 2.24) is 9.21 Å². The van der Waals surface area contributed by atoms with Crippen LogP contribution in [0.25, 0.3) is 0 Å². The molecule has 0 atom stereocenters. The molecule has 1 aromatic rings. The SMILES string of the molecule is NS(=O)(=O)N1CCN(C(=O)c2c(F)cc(Br)cc2F)CC1. The average Bonchev–Trinajstić information content (AvgIpc) is 2.36. The lowest BCUT2D eigenvalue weighted by Crippen LogP contribution is -2.52. The van der Waals surface area contributed by atoms with Gasteiger partial charge in [0.15, 0.2) is 0 Å². The smallest absolute Gasteiger partial charge is 0.277 e. The molecule has 0 radical (unpaired) electrons. The fraction of sp³-hybridized carbons (Fsp3) is 0.364. The van der Waals surface area contributed by atoms with E-state index >= 15 is 0 Å². The van der Waals surface area contributed by atoms with Gasteiger partial charge < -0.3 is 4.90 Å². The number of nitrogens with two attached hydrogens (primary N) is 1. The fourth-order valence-electron chi connectivity index (χ4n) is 2.05. The lowest BCUT2D eigenvalue weighted by Gasteiger charge is -2.33. The lowest BCUT2D eigenvalue weighted by molar-refractivity contribution is 0.0688. The Hall–Kier alpha value is -1.10. The first kappa shape index (κ1) is 16.3. The van der Waals surface area contributed by atoms with E-state index in [9.17, 15) is 22.0 Å². The third kappa shape index (κ3) is 3.57. The largest absolute Gasteiger partial charge is 0.336 e. The number of carbonyl (C=O) groups excluding carboxylic acids is 1. The number of benzene rings is 1. The summed E-state index contributed by atoms with van der Waals surface area (Å²) in [6.45, 7) is 0.0170. The summed E-state index contributed by atoms with van der Waals surface area (Å²) in [5.74, 6) is -2.76. The van der Waals surface area contributed by atoms with Crippen molar-refractivity contribution in [2.45, 2.75) is 0 Å². The summed E-state index contributed by atoms with van der Waals surface area (Å²) in [5.41, 5.74) is -0.651. The molecule has 1 heterocycles. The van der Waals surface area contributed by atoms with Gasteiger partial charge in [-0.25, -0.2) is 13.9 Å². The van der Waals surface area contributed by atoms with Gasteiger partial charge in [0.2, 0.25) is 0 Å². The Balaban J connectivity index is 2.17. The van der Waals surface area contributed by atoms with Crippen LogP contribution < -0.4 is 5.14 Å². The molecule has 21 heavy (non-hydrogen) atoms. The van der Waals surface area contributed by atoms with Gasteiger partial charge in [0.25, 0.3) is 16.1 Å². The van der Waals surface area contributed by atoms with Crippen molar-refractivity contribution in [1.29, 1.82) is 0 Å². The molecule has 0 bridgehead atoms. The molecule has 1 aromatic carbocycles. The second kappa shape index (κ2) is 5.95. The van der Waals surface area contributed by atoms with E-state index in [1.165, 1.54) is 4.90 Å². The molecule has 2 N–H and O–H groups in total. The first-order valence-electron chi connectivity index (χ1n) is 5.92. The van der Waals surface area contributed by atoms with Gasteiger partial charge in [-0.05, 0) is 12.1 Å². The van der Waals surface area contributed by atoms with Crippen molar-refractivity contribution in [3.05, 3.63) is 33.8 Å². The van der Waals surface area contributed by atoms with Crippen LogP contribution in [0.4, 0.5) is 8.78 Å². The molecule has 1 fully saturated rings. The predicted octanol–water partition coefficient (Wildman–Crippen LogP) is 0.689. The van der Waals surface area contributed by atoms with Crippen molar-refractivity contribution in [3.8, 4) is 0 Å². The van der Waals surface area contributed by atoms with E-state index < -0.39 is 33.3 Å². The number of amides is 1. The van der Waals surface area contributed by atoms with Gasteiger partial charge in [-0.2, -0.15) is 12.7 Å². The third-order valence-electron chi connectivity index (χ3n) is 3.11. The van der Waals surface area contributed by atoms with Gasteiger partial charge in [0.1, 0.15) is 17.2 Å². The summed E-state index contributed by atoms with van der Waals surface area (Å²) in [6, 6.07) is 1.99. The molecular weight excluding hydrogens is 372 g/mol. The van der Waals surface area contributed by atoms with E-state index in [1.54, 1.807) is 0 Å². The molecule has 0 unspecified atom stereocenters. The lowest BCUT2D eigenvalue weighted by atomic mass is 10.1. The first-order valence-corrected chi connectivity index (χ1v) is 8.21. The molecule has 116 valence electrons. The van der Waals surface area contributed by atoms with Crippen LogP contribution in [0.1, 0.15) is 10.4 Å². The molecule has 0 aliphatic carbocycles. The van der Waals surface area contributed by atoms with E-state index in [4.69, 9.17) is 5.14 Å². The van der Waals surface area contributed by atoms with Crippen molar-refractivity contribution < 1.29 is 22.0 Å². The topological polar surface area (TPSA) is 83.7 Å². The Labute approximate surface area is 128 Å². The maximum Gasteiger partial charge on any atom is 0.277 e. The summed E-state index contributed by atoms with van der Waals surface area (Å²) < 4.78 is 51.0. The minimum atomic E-state index is -3.82.